The zero-order valence-electron chi connectivity index (χ0n) is 33.4. The standard InChI is InChI=1S/C58H39NO2/c1-2-16-38(17-3-1)44-27-12-18-39-19-13-30-48(56(39)44)47-24-4-7-31-51(47)59(42-22-10-20-40(36-42)45-28-14-34-54-57(45)49-25-5-8-32-52(49)60-54)43-23-11-21-41(37-43)46-29-15-35-55-58(46)50-26-6-9-33-53(50)61-55/h1-12,14-29,31-37H,13,30H2. The van der Waals surface area contributed by atoms with Gasteiger partial charge in [-0.2, -0.15) is 0 Å². The van der Waals surface area contributed by atoms with Crippen molar-refractivity contribution in [3.8, 4) is 33.4 Å². The topological polar surface area (TPSA) is 29.5 Å². The summed E-state index contributed by atoms with van der Waals surface area (Å²) in [5, 5.41) is 7.09. The van der Waals surface area contributed by atoms with Gasteiger partial charge in [-0.05, 0) is 117 Å². The molecule has 0 radical (unpaired) electrons. The minimum Gasteiger partial charge on any atom is -0.456 e. The third-order valence-corrected chi connectivity index (χ3v) is 12.3. The summed E-state index contributed by atoms with van der Waals surface area (Å²) in [4.78, 5) is 2.46. The molecule has 2 aromatic heterocycles. The van der Waals surface area contributed by atoms with E-state index in [0.29, 0.717) is 0 Å². The van der Waals surface area contributed by atoms with E-state index in [9.17, 15) is 0 Å². The van der Waals surface area contributed by atoms with E-state index in [4.69, 9.17) is 8.83 Å². The highest BCUT2D eigenvalue weighted by Crippen LogP contribution is 2.45. The van der Waals surface area contributed by atoms with Crippen LogP contribution in [0.25, 0.3) is 88.9 Å². The molecule has 0 bridgehead atoms. The van der Waals surface area contributed by atoms with Crippen LogP contribution in [-0.4, -0.2) is 0 Å². The molecule has 0 unspecified atom stereocenters. The van der Waals surface area contributed by atoms with Gasteiger partial charge in [0.15, 0.2) is 0 Å². The molecule has 0 saturated carbocycles. The van der Waals surface area contributed by atoms with Gasteiger partial charge in [0.2, 0.25) is 0 Å². The van der Waals surface area contributed by atoms with Crippen LogP contribution in [0.3, 0.4) is 0 Å². The summed E-state index contributed by atoms with van der Waals surface area (Å²) in [6, 6.07) is 74.0. The zero-order valence-corrected chi connectivity index (χ0v) is 33.4. The van der Waals surface area contributed by atoms with Crippen molar-refractivity contribution < 1.29 is 8.83 Å². The van der Waals surface area contributed by atoms with Crippen LogP contribution < -0.4 is 15.3 Å². The lowest BCUT2D eigenvalue weighted by molar-refractivity contribution is 0.668. The van der Waals surface area contributed by atoms with Crippen LogP contribution in [0, 0.1) is 0 Å². The van der Waals surface area contributed by atoms with E-state index in [-0.39, 0.29) is 0 Å². The maximum atomic E-state index is 6.37. The minimum atomic E-state index is 0.887. The molecule has 0 fully saturated rings. The molecular weight excluding hydrogens is 743 g/mol. The number of anilines is 3. The number of hydrogen-bond acceptors (Lipinski definition) is 3. The van der Waals surface area contributed by atoms with Crippen molar-refractivity contribution in [2.45, 2.75) is 12.8 Å². The highest BCUT2D eigenvalue weighted by Gasteiger charge is 2.23. The van der Waals surface area contributed by atoms with Crippen LogP contribution in [0.1, 0.15) is 18.4 Å². The summed E-state index contributed by atoms with van der Waals surface area (Å²) in [5.74, 6) is 0. The van der Waals surface area contributed by atoms with Crippen molar-refractivity contribution in [3.05, 3.63) is 222 Å². The number of benzene rings is 9. The number of rotatable bonds is 7. The third kappa shape index (κ3) is 5.89. The Labute approximate surface area is 353 Å². The Hall–Kier alpha value is -7.88. The van der Waals surface area contributed by atoms with Gasteiger partial charge in [0.1, 0.15) is 22.3 Å². The molecule has 288 valence electrons. The zero-order chi connectivity index (χ0) is 40.3. The number of fused-ring (bicyclic) bond motifs is 7. The van der Waals surface area contributed by atoms with Crippen LogP contribution in [0.5, 0.6) is 0 Å². The molecule has 0 spiro atoms. The Kier molecular flexibility index (Phi) is 8.31. The average molecular weight is 782 g/mol. The SMILES string of the molecule is C1=c2cccc(-c3ccccc3)c2=C(c2ccccc2N(c2cccc(-c3cccc4oc5ccccc5c34)c2)c2cccc(-c3cccc4oc5ccccc5c34)c2)CC1. The van der Waals surface area contributed by atoms with Crippen LogP contribution in [-0.2, 0) is 0 Å². The lowest BCUT2D eigenvalue weighted by Crippen LogP contribution is -2.32. The van der Waals surface area contributed by atoms with E-state index in [0.717, 1.165) is 96.0 Å². The largest absolute Gasteiger partial charge is 0.456 e. The van der Waals surface area contributed by atoms with Crippen molar-refractivity contribution in [2.75, 3.05) is 4.90 Å². The third-order valence-electron chi connectivity index (χ3n) is 12.3. The highest BCUT2D eigenvalue weighted by atomic mass is 16.3. The van der Waals surface area contributed by atoms with Gasteiger partial charge < -0.3 is 13.7 Å². The first-order valence-corrected chi connectivity index (χ1v) is 21.1. The fourth-order valence-corrected chi connectivity index (χ4v) is 9.71. The molecule has 0 aliphatic heterocycles. The molecule has 9 aromatic carbocycles. The molecule has 0 amide bonds. The van der Waals surface area contributed by atoms with Gasteiger partial charge in [-0.25, -0.2) is 0 Å². The van der Waals surface area contributed by atoms with E-state index in [1.165, 1.54) is 32.7 Å². The maximum absolute atomic E-state index is 6.37. The Bertz CT molecular complexity index is 3450. The maximum Gasteiger partial charge on any atom is 0.136 e. The van der Waals surface area contributed by atoms with Gasteiger partial charge >= 0.3 is 0 Å². The van der Waals surface area contributed by atoms with Gasteiger partial charge in [0.05, 0.1) is 5.69 Å². The van der Waals surface area contributed by atoms with Crippen LogP contribution in [0.15, 0.2) is 215 Å². The van der Waals surface area contributed by atoms with E-state index in [1.807, 2.05) is 12.1 Å². The normalized spacial score (nSPS) is 12.6. The fraction of sp³-hybridized carbons (Fsp3) is 0.0345. The van der Waals surface area contributed by atoms with Crippen molar-refractivity contribution in [1.82, 2.24) is 0 Å². The monoisotopic (exact) mass is 781 g/mol. The summed E-state index contributed by atoms with van der Waals surface area (Å²) in [6.07, 6.45) is 4.32. The highest BCUT2D eigenvalue weighted by molar-refractivity contribution is 6.13. The van der Waals surface area contributed by atoms with Crippen molar-refractivity contribution in [2.24, 2.45) is 0 Å². The fourth-order valence-electron chi connectivity index (χ4n) is 9.71. The lowest BCUT2D eigenvalue weighted by Gasteiger charge is -2.30. The summed E-state index contributed by atoms with van der Waals surface area (Å²) in [7, 11) is 0. The number of para-hydroxylation sites is 3. The molecule has 1 aliphatic carbocycles. The van der Waals surface area contributed by atoms with Crippen molar-refractivity contribution in [1.29, 1.82) is 0 Å². The second-order valence-corrected chi connectivity index (χ2v) is 15.9. The van der Waals surface area contributed by atoms with Crippen molar-refractivity contribution in [3.63, 3.8) is 0 Å². The second kappa shape index (κ2) is 14.4. The number of nitrogens with zero attached hydrogens (tertiary/aromatic N) is 1. The van der Waals surface area contributed by atoms with Gasteiger partial charge in [0, 0.05) is 38.5 Å². The Balaban J connectivity index is 1.11. The molecule has 3 heteroatoms. The first-order chi connectivity index (χ1) is 30.3. The van der Waals surface area contributed by atoms with Gasteiger partial charge in [0.25, 0.3) is 0 Å². The summed E-state index contributed by atoms with van der Waals surface area (Å²) >= 11 is 0. The van der Waals surface area contributed by atoms with E-state index in [2.05, 4.69) is 205 Å². The van der Waals surface area contributed by atoms with Crippen LogP contribution >= 0.6 is 0 Å². The Morgan fingerprint density at radius 1 is 0.377 bits per heavy atom. The smallest absolute Gasteiger partial charge is 0.136 e. The first kappa shape index (κ1) is 35.1. The molecule has 1 aliphatic rings. The molecule has 0 saturated heterocycles. The Morgan fingerprint density at radius 3 is 1.52 bits per heavy atom. The molecule has 61 heavy (non-hydrogen) atoms. The molecular formula is C58H39NO2. The summed E-state index contributed by atoms with van der Waals surface area (Å²) in [6.45, 7) is 0. The molecule has 12 rings (SSSR count). The van der Waals surface area contributed by atoms with E-state index in [1.54, 1.807) is 0 Å². The summed E-state index contributed by atoms with van der Waals surface area (Å²) in [5.41, 5.74) is 16.4. The molecule has 3 nitrogen and oxygen atoms in total. The van der Waals surface area contributed by atoms with Gasteiger partial charge in [-0.3, -0.25) is 0 Å². The molecule has 0 atom stereocenters. The van der Waals surface area contributed by atoms with Crippen molar-refractivity contribution >= 4 is 72.6 Å². The molecule has 0 N–H and O–H groups in total. The van der Waals surface area contributed by atoms with Gasteiger partial charge in [-0.1, -0.05) is 158 Å². The quantitative estimate of drug-likeness (QED) is 0.161. The average Bonchev–Trinajstić information content (AvgIpc) is 3.91. The summed E-state index contributed by atoms with van der Waals surface area (Å²) < 4.78 is 12.7. The van der Waals surface area contributed by atoms with E-state index < -0.39 is 0 Å². The van der Waals surface area contributed by atoms with Crippen LogP contribution in [0.2, 0.25) is 0 Å². The first-order valence-electron chi connectivity index (χ1n) is 21.1. The molecule has 11 aromatic rings. The number of furan rings is 2. The van der Waals surface area contributed by atoms with Gasteiger partial charge in [-0.15, -0.1) is 0 Å². The minimum absolute atomic E-state index is 0.887. The number of hydrogen-bond donors (Lipinski definition) is 0. The van der Waals surface area contributed by atoms with Crippen LogP contribution in [0.4, 0.5) is 17.1 Å². The molecule has 2 heterocycles. The lowest BCUT2D eigenvalue weighted by atomic mass is 9.88. The van der Waals surface area contributed by atoms with E-state index >= 15 is 0 Å². The Morgan fingerprint density at radius 2 is 0.869 bits per heavy atom. The predicted molar refractivity (Wildman–Crippen MR) is 254 cm³/mol. The predicted octanol–water partition coefficient (Wildman–Crippen LogP) is 14.7. The second-order valence-electron chi connectivity index (χ2n) is 15.9.